The Morgan fingerprint density at radius 3 is 2.42 bits per heavy atom. The molecular formula is C22H23N3O6S2. The van der Waals surface area contributed by atoms with Gasteiger partial charge in [-0.15, -0.1) is 0 Å². The van der Waals surface area contributed by atoms with Gasteiger partial charge in [0.15, 0.2) is 0 Å². The summed E-state index contributed by atoms with van der Waals surface area (Å²) in [5.41, 5.74) is 1.32. The second-order valence-electron chi connectivity index (χ2n) is 8.36. The first kappa shape index (κ1) is 22.1. The average Bonchev–Trinajstić information content (AvgIpc) is 3.42. The summed E-state index contributed by atoms with van der Waals surface area (Å²) in [4.78, 5) is 27.3. The SMILES string of the molecule is O=C(CN1C(=O)c2ccccc2S1(=O)=O)N1CCCc2cc(S(=O)(=O)N3CCCC3)ccc21. The molecule has 0 radical (unpaired) electrons. The van der Waals surface area contributed by atoms with Crippen LogP contribution in [-0.2, 0) is 31.3 Å². The van der Waals surface area contributed by atoms with Crippen LogP contribution in [0.25, 0.3) is 0 Å². The van der Waals surface area contributed by atoms with Crippen molar-refractivity contribution in [3.63, 3.8) is 0 Å². The van der Waals surface area contributed by atoms with E-state index in [4.69, 9.17) is 0 Å². The maximum Gasteiger partial charge on any atom is 0.269 e. The van der Waals surface area contributed by atoms with Crippen LogP contribution < -0.4 is 4.90 Å². The Morgan fingerprint density at radius 1 is 0.970 bits per heavy atom. The molecule has 0 saturated carbocycles. The molecule has 1 fully saturated rings. The first-order valence-corrected chi connectivity index (χ1v) is 13.7. The third kappa shape index (κ3) is 3.54. The minimum atomic E-state index is -4.09. The van der Waals surface area contributed by atoms with Crippen molar-refractivity contribution in [3.8, 4) is 0 Å². The smallest absolute Gasteiger partial charge is 0.269 e. The van der Waals surface area contributed by atoms with Gasteiger partial charge in [0.25, 0.3) is 15.9 Å². The molecule has 2 amide bonds. The molecule has 1 saturated heterocycles. The monoisotopic (exact) mass is 489 g/mol. The van der Waals surface area contributed by atoms with E-state index in [-0.39, 0.29) is 15.4 Å². The van der Waals surface area contributed by atoms with E-state index < -0.39 is 38.4 Å². The molecule has 0 atom stereocenters. The number of carbonyl (C=O) groups excluding carboxylic acids is 2. The van der Waals surface area contributed by atoms with E-state index in [1.807, 2.05) is 0 Å². The molecule has 3 aliphatic heterocycles. The molecule has 11 heteroatoms. The summed E-state index contributed by atoms with van der Waals surface area (Å²) in [6, 6.07) is 10.6. The summed E-state index contributed by atoms with van der Waals surface area (Å²) in [7, 11) is -7.67. The number of hydrogen-bond donors (Lipinski definition) is 0. The lowest BCUT2D eigenvalue weighted by molar-refractivity contribution is -0.118. The molecule has 2 aromatic rings. The number of carbonyl (C=O) groups is 2. The number of aryl methyl sites for hydroxylation is 1. The van der Waals surface area contributed by atoms with Crippen LogP contribution in [0.3, 0.4) is 0 Å². The molecule has 0 aromatic heterocycles. The number of benzene rings is 2. The van der Waals surface area contributed by atoms with Crippen molar-refractivity contribution in [1.82, 2.24) is 8.61 Å². The quantitative estimate of drug-likeness (QED) is 0.645. The molecular weight excluding hydrogens is 466 g/mol. The van der Waals surface area contributed by atoms with Crippen molar-refractivity contribution < 1.29 is 26.4 Å². The first-order valence-electron chi connectivity index (χ1n) is 10.8. The predicted octanol–water partition coefficient (Wildman–Crippen LogP) is 1.59. The van der Waals surface area contributed by atoms with Crippen LogP contribution >= 0.6 is 0 Å². The molecule has 33 heavy (non-hydrogen) atoms. The zero-order valence-corrected chi connectivity index (χ0v) is 19.4. The fourth-order valence-electron chi connectivity index (χ4n) is 4.67. The third-order valence-corrected chi connectivity index (χ3v) is 10.0. The van der Waals surface area contributed by atoms with Crippen LogP contribution in [0.4, 0.5) is 5.69 Å². The highest BCUT2D eigenvalue weighted by molar-refractivity contribution is 7.90. The van der Waals surface area contributed by atoms with Crippen LogP contribution in [0.1, 0.15) is 35.2 Å². The predicted molar refractivity (Wildman–Crippen MR) is 120 cm³/mol. The summed E-state index contributed by atoms with van der Waals surface area (Å²) < 4.78 is 53.5. The van der Waals surface area contributed by atoms with Crippen molar-refractivity contribution >= 4 is 37.5 Å². The van der Waals surface area contributed by atoms with Gasteiger partial charge < -0.3 is 4.90 Å². The van der Waals surface area contributed by atoms with Crippen molar-refractivity contribution in [2.45, 2.75) is 35.5 Å². The van der Waals surface area contributed by atoms with Gasteiger partial charge in [-0.1, -0.05) is 12.1 Å². The molecule has 2 aromatic carbocycles. The van der Waals surface area contributed by atoms with E-state index in [9.17, 15) is 26.4 Å². The van der Waals surface area contributed by atoms with Gasteiger partial charge in [-0.05, 0) is 61.6 Å². The Morgan fingerprint density at radius 2 is 1.70 bits per heavy atom. The molecule has 0 unspecified atom stereocenters. The largest absolute Gasteiger partial charge is 0.311 e. The lowest BCUT2D eigenvalue weighted by Gasteiger charge is -2.31. The highest BCUT2D eigenvalue weighted by Gasteiger charge is 2.42. The van der Waals surface area contributed by atoms with E-state index in [0.717, 1.165) is 12.8 Å². The summed E-state index contributed by atoms with van der Waals surface area (Å²) in [5.74, 6) is -1.25. The number of rotatable bonds is 4. The second-order valence-corrected chi connectivity index (χ2v) is 12.1. The van der Waals surface area contributed by atoms with Gasteiger partial charge >= 0.3 is 0 Å². The van der Waals surface area contributed by atoms with Gasteiger partial charge in [-0.25, -0.2) is 21.1 Å². The number of fused-ring (bicyclic) bond motifs is 2. The molecule has 0 spiro atoms. The Kier molecular flexibility index (Phi) is 5.30. The van der Waals surface area contributed by atoms with Gasteiger partial charge in [0.2, 0.25) is 15.9 Å². The fraction of sp³-hybridized carbons (Fsp3) is 0.364. The average molecular weight is 490 g/mol. The maximum atomic E-state index is 13.1. The van der Waals surface area contributed by atoms with E-state index in [0.29, 0.717) is 48.0 Å². The molecule has 0 aliphatic carbocycles. The standard InChI is InChI=1S/C22H23N3O6S2/c26-21(15-25-22(27)18-7-1-2-8-20(18)33(25,30)31)24-13-5-6-16-14-17(9-10-19(16)24)32(28,29)23-11-3-4-12-23/h1-2,7-10,14H,3-6,11-13,15H2. The number of amides is 2. The van der Waals surface area contributed by atoms with Gasteiger partial charge in [-0.3, -0.25) is 9.59 Å². The molecule has 5 rings (SSSR count). The van der Waals surface area contributed by atoms with Gasteiger partial charge in [-0.2, -0.15) is 4.31 Å². The lowest BCUT2D eigenvalue weighted by Crippen LogP contribution is -2.44. The third-order valence-electron chi connectivity index (χ3n) is 6.36. The Labute approximate surface area is 192 Å². The Balaban J connectivity index is 1.41. The van der Waals surface area contributed by atoms with Crippen LogP contribution in [0.5, 0.6) is 0 Å². The van der Waals surface area contributed by atoms with Crippen LogP contribution in [0, 0.1) is 0 Å². The zero-order valence-electron chi connectivity index (χ0n) is 17.8. The van der Waals surface area contributed by atoms with Crippen molar-refractivity contribution in [2.24, 2.45) is 0 Å². The van der Waals surface area contributed by atoms with Crippen LogP contribution in [-0.4, -0.2) is 63.4 Å². The van der Waals surface area contributed by atoms with Gasteiger partial charge in [0, 0.05) is 25.3 Å². The van der Waals surface area contributed by atoms with E-state index in [2.05, 4.69) is 0 Å². The highest BCUT2D eigenvalue weighted by Crippen LogP contribution is 2.33. The summed E-state index contributed by atoms with van der Waals surface area (Å²) >= 11 is 0. The number of sulfonamides is 2. The molecule has 9 nitrogen and oxygen atoms in total. The molecule has 3 heterocycles. The van der Waals surface area contributed by atoms with Crippen molar-refractivity contribution in [3.05, 3.63) is 53.6 Å². The minimum absolute atomic E-state index is 0.0566. The summed E-state index contributed by atoms with van der Waals surface area (Å²) in [6.07, 6.45) is 2.89. The topological polar surface area (TPSA) is 112 Å². The van der Waals surface area contributed by atoms with Crippen LogP contribution in [0.2, 0.25) is 0 Å². The maximum absolute atomic E-state index is 13.1. The molecule has 3 aliphatic rings. The van der Waals surface area contributed by atoms with E-state index in [1.54, 1.807) is 18.2 Å². The van der Waals surface area contributed by atoms with Gasteiger partial charge in [0.1, 0.15) is 11.4 Å². The number of anilines is 1. The number of nitrogens with zero attached hydrogens (tertiary/aromatic N) is 3. The Hall–Kier alpha value is -2.76. The van der Waals surface area contributed by atoms with Crippen LogP contribution in [0.15, 0.2) is 52.3 Å². The normalized spacial score (nSPS) is 20.1. The fourth-order valence-corrected chi connectivity index (χ4v) is 7.75. The lowest BCUT2D eigenvalue weighted by atomic mass is 10.0. The second kappa shape index (κ2) is 7.93. The van der Waals surface area contributed by atoms with E-state index >= 15 is 0 Å². The molecule has 0 N–H and O–H groups in total. The Bertz CT molecular complexity index is 1360. The number of hydrogen-bond acceptors (Lipinski definition) is 6. The minimum Gasteiger partial charge on any atom is -0.311 e. The molecule has 0 bridgehead atoms. The van der Waals surface area contributed by atoms with E-state index in [1.165, 1.54) is 33.5 Å². The summed E-state index contributed by atoms with van der Waals surface area (Å²) in [6.45, 7) is 0.762. The van der Waals surface area contributed by atoms with Gasteiger partial charge in [0.05, 0.1) is 10.5 Å². The summed E-state index contributed by atoms with van der Waals surface area (Å²) in [5, 5.41) is 0. The molecule has 174 valence electrons. The van der Waals surface area contributed by atoms with Crippen molar-refractivity contribution in [2.75, 3.05) is 31.1 Å². The zero-order chi connectivity index (χ0) is 23.4. The van der Waals surface area contributed by atoms with Crippen molar-refractivity contribution in [1.29, 1.82) is 0 Å². The first-order chi connectivity index (χ1) is 15.7. The highest BCUT2D eigenvalue weighted by atomic mass is 32.2.